The highest BCUT2D eigenvalue weighted by Crippen LogP contribution is 2.29. The van der Waals surface area contributed by atoms with Crippen molar-refractivity contribution in [2.24, 2.45) is 0 Å². The lowest BCUT2D eigenvalue weighted by Gasteiger charge is -2.36. The zero-order valence-corrected chi connectivity index (χ0v) is 16.7. The Kier molecular flexibility index (Phi) is 5.73. The lowest BCUT2D eigenvalue weighted by molar-refractivity contribution is 0.0743. The van der Waals surface area contributed by atoms with E-state index in [4.69, 9.17) is 9.47 Å². The molecule has 28 heavy (non-hydrogen) atoms. The number of piperazine rings is 1. The molecule has 3 heterocycles. The summed E-state index contributed by atoms with van der Waals surface area (Å²) < 4.78 is 11.9. The largest absolute Gasteiger partial charge is 0.489 e. The van der Waals surface area contributed by atoms with Crippen LogP contribution < -0.4 is 9.64 Å². The number of ether oxygens (including phenoxy) is 2. The molecular formula is C21H23N3O3S. The lowest BCUT2D eigenvalue weighted by atomic mass is 10.2. The van der Waals surface area contributed by atoms with Gasteiger partial charge in [0.25, 0.3) is 5.91 Å². The molecule has 1 aromatic carbocycles. The zero-order valence-electron chi connectivity index (χ0n) is 15.8. The number of pyridine rings is 1. The Morgan fingerprint density at radius 2 is 1.93 bits per heavy atom. The summed E-state index contributed by atoms with van der Waals surface area (Å²) in [5, 5.41) is 3.07. The minimum Gasteiger partial charge on any atom is -0.489 e. The van der Waals surface area contributed by atoms with E-state index in [1.54, 1.807) is 24.6 Å². The van der Waals surface area contributed by atoms with Crippen LogP contribution in [0, 0.1) is 0 Å². The van der Waals surface area contributed by atoms with Crippen molar-refractivity contribution in [1.82, 2.24) is 9.88 Å². The second-order valence-electron chi connectivity index (χ2n) is 6.59. The van der Waals surface area contributed by atoms with E-state index in [0.29, 0.717) is 32.0 Å². The van der Waals surface area contributed by atoms with Gasteiger partial charge in [0.05, 0.1) is 17.0 Å². The van der Waals surface area contributed by atoms with Crippen LogP contribution >= 0.6 is 11.3 Å². The van der Waals surface area contributed by atoms with Gasteiger partial charge in [-0.15, -0.1) is 11.3 Å². The van der Waals surface area contributed by atoms with Crippen LogP contribution in [0.4, 0.5) is 5.69 Å². The number of para-hydroxylation sites is 2. The van der Waals surface area contributed by atoms with Crippen molar-refractivity contribution in [1.29, 1.82) is 0 Å². The van der Waals surface area contributed by atoms with Gasteiger partial charge in [0, 0.05) is 39.5 Å². The summed E-state index contributed by atoms with van der Waals surface area (Å²) in [5.41, 5.74) is 1.62. The highest BCUT2D eigenvalue weighted by atomic mass is 32.1. The van der Waals surface area contributed by atoms with Gasteiger partial charge in [-0.1, -0.05) is 12.1 Å². The third kappa shape index (κ3) is 3.81. The average Bonchev–Trinajstić information content (AvgIpc) is 3.23. The normalized spacial score (nSPS) is 14.5. The minimum absolute atomic E-state index is 0.0114. The summed E-state index contributed by atoms with van der Waals surface area (Å²) in [7, 11) is 1.66. The number of anilines is 1. The van der Waals surface area contributed by atoms with E-state index < -0.39 is 0 Å². The molecule has 0 saturated carbocycles. The van der Waals surface area contributed by atoms with E-state index >= 15 is 0 Å². The number of aromatic nitrogens is 1. The standard InChI is InChI=1S/C21H23N3O3S/c1-26-13-14-27-18-5-3-2-4-17(18)23-9-11-24(12-10-23)21(25)19-20-16(6-8-22-19)7-15-28-20/h2-8,15H,9-14H2,1H3. The second kappa shape index (κ2) is 8.58. The van der Waals surface area contributed by atoms with Gasteiger partial charge in [-0.2, -0.15) is 0 Å². The lowest BCUT2D eigenvalue weighted by Crippen LogP contribution is -2.49. The third-order valence-electron chi connectivity index (χ3n) is 4.89. The van der Waals surface area contributed by atoms with Crippen LogP contribution in [0.25, 0.3) is 10.1 Å². The summed E-state index contributed by atoms with van der Waals surface area (Å²) >= 11 is 1.57. The van der Waals surface area contributed by atoms with E-state index in [1.165, 1.54) is 0 Å². The van der Waals surface area contributed by atoms with Gasteiger partial charge in [-0.05, 0) is 35.0 Å². The average molecular weight is 398 g/mol. The van der Waals surface area contributed by atoms with Gasteiger partial charge in [-0.25, -0.2) is 4.98 Å². The molecule has 1 aliphatic heterocycles. The molecular weight excluding hydrogens is 374 g/mol. The maximum absolute atomic E-state index is 13.0. The molecule has 1 fully saturated rings. The molecule has 0 N–H and O–H groups in total. The topological polar surface area (TPSA) is 54.9 Å². The maximum Gasteiger partial charge on any atom is 0.274 e. The Balaban J connectivity index is 1.44. The molecule has 0 aliphatic carbocycles. The molecule has 1 amide bonds. The molecule has 1 saturated heterocycles. The molecule has 0 spiro atoms. The highest BCUT2D eigenvalue weighted by molar-refractivity contribution is 7.17. The highest BCUT2D eigenvalue weighted by Gasteiger charge is 2.25. The van der Waals surface area contributed by atoms with Crippen LogP contribution in [-0.2, 0) is 4.74 Å². The number of fused-ring (bicyclic) bond motifs is 1. The summed E-state index contributed by atoms with van der Waals surface area (Å²) in [6.07, 6.45) is 1.71. The van der Waals surface area contributed by atoms with Gasteiger partial charge in [0.1, 0.15) is 18.1 Å². The number of hydrogen-bond donors (Lipinski definition) is 0. The number of amides is 1. The monoisotopic (exact) mass is 397 g/mol. The van der Waals surface area contributed by atoms with Crippen LogP contribution in [-0.4, -0.2) is 62.3 Å². The first-order chi connectivity index (χ1) is 13.8. The molecule has 7 heteroatoms. The number of hydrogen-bond acceptors (Lipinski definition) is 6. The van der Waals surface area contributed by atoms with Crippen LogP contribution in [0.3, 0.4) is 0 Å². The van der Waals surface area contributed by atoms with Gasteiger partial charge >= 0.3 is 0 Å². The molecule has 0 bridgehead atoms. The maximum atomic E-state index is 13.0. The Morgan fingerprint density at radius 3 is 2.75 bits per heavy atom. The number of carbonyl (C=O) groups is 1. The molecule has 4 rings (SSSR count). The van der Waals surface area contributed by atoms with Crippen LogP contribution in [0.1, 0.15) is 10.5 Å². The minimum atomic E-state index is 0.0114. The molecule has 3 aromatic rings. The van der Waals surface area contributed by atoms with Crippen LogP contribution in [0.2, 0.25) is 0 Å². The summed E-state index contributed by atoms with van der Waals surface area (Å²) in [5.74, 6) is 0.863. The van der Waals surface area contributed by atoms with Gasteiger partial charge < -0.3 is 19.3 Å². The van der Waals surface area contributed by atoms with Crippen molar-refractivity contribution in [2.45, 2.75) is 0 Å². The van der Waals surface area contributed by atoms with Crippen molar-refractivity contribution in [3.63, 3.8) is 0 Å². The summed E-state index contributed by atoms with van der Waals surface area (Å²) in [4.78, 5) is 21.5. The number of benzene rings is 1. The summed E-state index contributed by atoms with van der Waals surface area (Å²) in [6, 6.07) is 12.0. The van der Waals surface area contributed by atoms with Crippen molar-refractivity contribution in [2.75, 3.05) is 51.4 Å². The third-order valence-corrected chi connectivity index (χ3v) is 5.83. The van der Waals surface area contributed by atoms with E-state index in [0.717, 1.165) is 34.6 Å². The van der Waals surface area contributed by atoms with Gasteiger partial charge in [0.2, 0.25) is 0 Å². The number of carbonyl (C=O) groups excluding carboxylic acids is 1. The number of nitrogens with zero attached hydrogens (tertiary/aromatic N) is 3. The number of rotatable bonds is 6. The first-order valence-corrected chi connectivity index (χ1v) is 10.2. The Bertz CT molecular complexity index is 951. The zero-order chi connectivity index (χ0) is 19.3. The van der Waals surface area contributed by atoms with Crippen LogP contribution in [0.5, 0.6) is 5.75 Å². The predicted molar refractivity (Wildman–Crippen MR) is 112 cm³/mol. The summed E-state index contributed by atoms with van der Waals surface area (Å²) in [6.45, 7) is 3.91. The van der Waals surface area contributed by atoms with E-state index in [2.05, 4.69) is 16.0 Å². The molecule has 2 aromatic heterocycles. The quantitative estimate of drug-likeness (QED) is 0.598. The van der Waals surface area contributed by atoms with Crippen molar-refractivity contribution in [3.8, 4) is 5.75 Å². The van der Waals surface area contributed by atoms with Gasteiger partial charge in [-0.3, -0.25) is 4.79 Å². The fourth-order valence-electron chi connectivity index (χ4n) is 3.42. The Labute approximate surface area is 168 Å². The predicted octanol–water partition coefficient (Wildman–Crippen LogP) is 3.28. The molecule has 0 unspecified atom stereocenters. The Morgan fingerprint density at radius 1 is 1.11 bits per heavy atom. The van der Waals surface area contributed by atoms with Crippen molar-refractivity contribution >= 4 is 33.0 Å². The molecule has 146 valence electrons. The number of methoxy groups -OCH3 is 1. The SMILES string of the molecule is COCCOc1ccccc1N1CCN(C(=O)c2nccc3ccsc23)CC1. The smallest absolute Gasteiger partial charge is 0.274 e. The van der Waals surface area contributed by atoms with Gasteiger partial charge in [0.15, 0.2) is 0 Å². The van der Waals surface area contributed by atoms with E-state index in [-0.39, 0.29) is 5.91 Å². The molecule has 1 aliphatic rings. The van der Waals surface area contributed by atoms with E-state index in [1.807, 2.05) is 40.6 Å². The number of thiophene rings is 1. The molecule has 0 radical (unpaired) electrons. The first kappa shape index (κ1) is 18.7. The fourth-order valence-corrected chi connectivity index (χ4v) is 4.30. The van der Waals surface area contributed by atoms with Crippen LogP contribution in [0.15, 0.2) is 48.0 Å². The van der Waals surface area contributed by atoms with Crippen molar-refractivity contribution in [3.05, 3.63) is 53.7 Å². The first-order valence-electron chi connectivity index (χ1n) is 9.35. The van der Waals surface area contributed by atoms with E-state index in [9.17, 15) is 4.79 Å². The molecule has 6 nitrogen and oxygen atoms in total. The fraction of sp³-hybridized carbons (Fsp3) is 0.333. The molecule has 0 atom stereocenters. The van der Waals surface area contributed by atoms with Crippen molar-refractivity contribution < 1.29 is 14.3 Å². The Hall–Kier alpha value is -2.64. The second-order valence-corrected chi connectivity index (χ2v) is 7.50.